The van der Waals surface area contributed by atoms with Gasteiger partial charge in [-0.15, -0.1) is 0 Å². The summed E-state index contributed by atoms with van der Waals surface area (Å²) in [6, 6.07) is 1.42. The summed E-state index contributed by atoms with van der Waals surface area (Å²) in [6.07, 6.45) is 1.09. The molecule has 2 rings (SSSR count). The first-order valence-electron chi connectivity index (χ1n) is 8.26. The van der Waals surface area contributed by atoms with Crippen molar-refractivity contribution in [3.8, 4) is 0 Å². The van der Waals surface area contributed by atoms with Crippen LogP contribution in [0.5, 0.6) is 0 Å². The normalized spacial score (nSPS) is 15.9. The molecule has 0 bridgehead atoms. The Bertz CT molecular complexity index is 571. The summed E-state index contributed by atoms with van der Waals surface area (Å²) < 4.78 is 10.2. The van der Waals surface area contributed by atoms with E-state index in [1.807, 2.05) is 20.8 Å². The molecule has 0 saturated carbocycles. The molecule has 1 saturated heterocycles. The average molecular weight is 338 g/mol. The average Bonchev–Trinajstić information content (AvgIpc) is 2.96. The zero-order chi connectivity index (χ0) is 17.7. The minimum absolute atomic E-state index is 0.0182. The number of amides is 3. The number of anilines is 1. The fourth-order valence-corrected chi connectivity index (χ4v) is 2.45. The Morgan fingerprint density at radius 3 is 2.58 bits per heavy atom. The van der Waals surface area contributed by atoms with Gasteiger partial charge in [0.15, 0.2) is 5.82 Å². The van der Waals surface area contributed by atoms with E-state index in [1.165, 1.54) is 0 Å². The van der Waals surface area contributed by atoms with Crippen molar-refractivity contribution in [1.82, 2.24) is 15.4 Å². The molecule has 0 atom stereocenters. The van der Waals surface area contributed by atoms with Gasteiger partial charge in [-0.2, -0.15) is 0 Å². The highest BCUT2D eigenvalue weighted by atomic mass is 16.6. The van der Waals surface area contributed by atoms with E-state index in [1.54, 1.807) is 17.9 Å². The molecule has 0 aliphatic carbocycles. The maximum Gasteiger partial charge on any atom is 0.409 e. The van der Waals surface area contributed by atoms with E-state index in [9.17, 15) is 9.59 Å². The van der Waals surface area contributed by atoms with Crippen molar-refractivity contribution < 1.29 is 18.8 Å². The van der Waals surface area contributed by atoms with Gasteiger partial charge in [0.05, 0.1) is 6.61 Å². The van der Waals surface area contributed by atoms with Crippen molar-refractivity contribution in [3.05, 3.63) is 11.8 Å². The molecule has 2 heterocycles. The molecule has 1 aliphatic rings. The molecule has 1 aliphatic heterocycles. The number of rotatable bonds is 3. The second-order valence-electron chi connectivity index (χ2n) is 6.89. The summed E-state index contributed by atoms with van der Waals surface area (Å²) in [6.45, 7) is 9.32. The van der Waals surface area contributed by atoms with Gasteiger partial charge in [-0.3, -0.25) is 5.32 Å². The number of hydrogen-bond acceptors (Lipinski definition) is 5. The third-order valence-corrected chi connectivity index (χ3v) is 3.85. The van der Waals surface area contributed by atoms with E-state index in [0.717, 1.165) is 0 Å². The standard InChI is InChI=1S/C16H26N4O4/c1-5-23-15(22)20-8-6-11(7-9-20)17-14(21)18-13-10-12(24-19-13)16(2,3)4/h10-11H,5-9H2,1-4H3,(H2,17,18,19,21). The number of likely N-dealkylation sites (tertiary alicyclic amines) is 1. The molecule has 3 amide bonds. The molecule has 24 heavy (non-hydrogen) atoms. The Labute approximate surface area is 141 Å². The van der Waals surface area contributed by atoms with Crippen LogP contribution in [-0.4, -0.2) is 47.9 Å². The van der Waals surface area contributed by atoms with Crippen molar-refractivity contribution in [2.75, 3.05) is 25.0 Å². The Morgan fingerprint density at radius 2 is 2.04 bits per heavy atom. The minimum Gasteiger partial charge on any atom is -0.450 e. The van der Waals surface area contributed by atoms with Gasteiger partial charge in [0.25, 0.3) is 0 Å². The molecule has 1 aromatic rings. The summed E-state index contributed by atoms with van der Waals surface area (Å²) in [5.74, 6) is 1.10. The second-order valence-corrected chi connectivity index (χ2v) is 6.89. The number of nitrogens with one attached hydrogen (secondary N) is 2. The van der Waals surface area contributed by atoms with Crippen LogP contribution in [0.3, 0.4) is 0 Å². The van der Waals surface area contributed by atoms with Crippen LogP contribution in [0, 0.1) is 0 Å². The summed E-state index contributed by atoms with van der Waals surface area (Å²) in [5.41, 5.74) is -0.163. The Hall–Kier alpha value is -2.25. The first-order valence-corrected chi connectivity index (χ1v) is 8.26. The molecule has 0 radical (unpaired) electrons. The summed E-state index contributed by atoms with van der Waals surface area (Å²) in [4.78, 5) is 25.3. The quantitative estimate of drug-likeness (QED) is 0.883. The predicted octanol–water partition coefficient (Wildman–Crippen LogP) is 2.71. The molecular weight excluding hydrogens is 312 g/mol. The topological polar surface area (TPSA) is 96.7 Å². The van der Waals surface area contributed by atoms with Crippen LogP contribution in [-0.2, 0) is 10.2 Å². The SMILES string of the molecule is CCOC(=O)N1CCC(NC(=O)Nc2cc(C(C)(C)C)on2)CC1. The molecule has 0 aromatic carbocycles. The van der Waals surface area contributed by atoms with Crippen LogP contribution < -0.4 is 10.6 Å². The van der Waals surface area contributed by atoms with E-state index in [4.69, 9.17) is 9.26 Å². The summed E-state index contributed by atoms with van der Waals surface area (Å²) >= 11 is 0. The molecule has 134 valence electrons. The van der Waals surface area contributed by atoms with Crippen molar-refractivity contribution in [1.29, 1.82) is 0 Å². The molecule has 0 unspecified atom stereocenters. The monoisotopic (exact) mass is 338 g/mol. The molecule has 8 heteroatoms. The molecule has 0 spiro atoms. The number of ether oxygens (including phenoxy) is 1. The van der Waals surface area contributed by atoms with Gasteiger partial charge in [-0.1, -0.05) is 25.9 Å². The minimum atomic E-state index is -0.321. The van der Waals surface area contributed by atoms with E-state index in [2.05, 4.69) is 15.8 Å². The lowest BCUT2D eigenvalue weighted by Crippen LogP contribution is -2.47. The highest BCUT2D eigenvalue weighted by Gasteiger charge is 2.25. The van der Waals surface area contributed by atoms with Crippen LogP contribution in [0.25, 0.3) is 0 Å². The van der Waals surface area contributed by atoms with Crippen LogP contribution in [0.4, 0.5) is 15.4 Å². The molecular formula is C16H26N4O4. The zero-order valence-electron chi connectivity index (χ0n) is 14.7. The fraction of sp³-hybridized carbons (Fsp3) is 0.688. The lowest BCUT2D eigenvalue weighted by atomic mass is 9.93. The van der Waals surface area contributed by atoms with Gasteiger partial charge < -0.3 is 19.5 Å². The van der Waals surface area contributed by atoms with Gasteiger partial charge >= 0.3 is 12.1 Å². The van der Waals surface area contributed by atoms with Crippen LogP contribution in [0.15, 0.2) is 10.6 Å². The maximum atomic E-state index is 12.0. The van der Waals surface area contributed by atoms with Crippen molar-refractivity contribution >= 4 is 17.9 Å². The number of hydrogen-bond donors (Lipinski definition) is 2. The molecule has 8 nitrogen and oxygen atoms in total. The highest BCUT2D eigenvalue weighted by molar-refractivity contribution is 5.88. The summed E-state index contributed by atoms with van der Waals surface area (Å²) in [7, 11) is 0. The van der Waals surface area contributed by atoms with Crippen molar-refractivity contribution in [3.63, 3.8) is 0 Å². The van der Waals surface area contributed by atoms with Gasteiger partial charge in [0, 0.05) is 30.6 Å². The number of carbonyl (C=O) groups excluding carboxylic acids is 2. The van der Waals surface area contributed by atoms with Gasteiger partial charge in [0.2, 0.25) is 0 Å². The first kappa shape index (κ1) is 18.1. The predicted molar refractivity (Wildman–Crippen MR) is 89.0 cm³/mol. The number of piperidine rings is 1. The van der Waals surface area contributed by atoms with Gasteiger partial charge in [-0.25, -0.2) is 9.59 Å². The van der Waals surface area contributed by atoms with Crippen molar-refractivity contribution in [2.24, 2.45) is 0 Å². The lowest BCUT2D eigenvalue weighted by Gasteiger charge is -2.31. The fourth-order valence-electron chi connectivity index (χ4n) is 2.45. The van der Waals surface area contributed by atoms with Crippen LogP contribution >= 0.6 is 0 Å². The molecule has 1 fully saturated rings. The maximum absolute atomic E-state index is 12.0. The smallest absolute Gasteiger partial charge is 0.409 e. The largest absolute Gasteiger partial charge is 0.450 e. The first-order chi connectivity index (χ1) is 11.3. The number of urea groups is 1. The Kier molecular flexibility index (Phi) is 5.69. The van der Waals surface area contributed by atoms with Crippen molar-refractivity contribution in [2.45, 2.75) is 52.0 Å². The Morgan fingerprint density at radius 1 is 1.38 bits per heavy atom. The third-order valence-electron chi connectivity index (χ3n) is 3.85. The molecule has 1 aromatic heterocycles. The van der Waals surface area contributed by atoms with Gasteiger partial charge in [0.1, 0.15) is 5.76 Å². The number of carbonyl (C=O) groups is 2. The lowest BCUT2D eigenvalue weighted by molar-refractivity contribution is 0.0959. The summed E-state index contributed by atoms with van der Waals surface area (Å²) in [5, 5.41) is 9.43. The second kappa shape index (κ2) is 7.55. The van der Waals surface area contributed by atoms with Gasteiger partial charge in [-0.05, 0) is 19.8 Å². The number of aromatic nitrogens is 1. The van der Waals surface area contributed by atoms with Crippen LogP contribution in [0.1, 0.15) is 46.3 Å². The van der Waals surface area contributed by atoms with E-state index in [-0.39, 0.29) is 23.6 Å². The van der Waals surface area contributed by atoms with Crippen LogP contribution in [0.2, 0.25) is 0 Å². The van der Waals surface area contributed by atoms with E-state index >= 15 is 0 Å². The third kappa shape index (κ3) is 4.87. The number of nitrogens with zero attached hydrogens (tertiary/aromatic N) is 2. The van der Waals surface area contributed by atoms with E-state index in [0.29, 0.717) is 44.1 Å². The zero-order valence-corrected chi connectivity index (χ0v) is 14.7. The highest BCUT2D eigenvalue weighted by Crippen LogP contribution is 2.24. The Balaban J connectivity index is 1.78. The van der Waals surface area contributed by atoms with E-state index < -0.39 is 0 Å². The molecule has 2 N–H and O–H groups in total.